The number of hydrogen-bond acceptors (Lipinski definition) is 4. The van der Waals surface area contributed by atoms with Crippen molar-refractivity contribution in [2.75, 3.05) is 12.9 Å². The SMILES string of the molecule is CCO/N=C(/N)N=S(C)(=O)C(C)c1ccc(C)nc1. The monoisotopic (exact) mass is 284 g/mol. The van der Waals surface area contributed by atoms with Crippen LogP contribution in [0.1, 0.15) is 30.4 Å². The molecule has 0 spiro atoms. The molecule has 106 valence electrons. The first-order valence-corrected chi connectivity index (χ1v) is 7.94. The van der Waals surface area contributed by atoms with E-state index in [1.165, 1.54) is 0 Å². The smallest absolute Gasteiger partial charge is 0.265 e. The molecular formula is C12H20N4O2S. The minimum Gasteiger partial charge on any atom is -0.393 e. The summed E-state index contributed by atoms with van der Waals surface area (Å²) >= 11 is 0. The lowest BCUT2D eigenvalue weighted by molar-refractivity contribution is 0.158. The van der Waals surface area contributed by atoms with Crippen LogP contribution < -0.4 is 5.73 Å². The molecule has 0 saturated heterocycles. The third kappa shape index (κ3) is 4.51. The summed E-state index contributed by atoms with van der Waals surface area (Å²) in [6.45, 7) is 5.89. The van der Waals surface area contributed by atoms with Crippen molar-refractivity contribution in [2.45, 2.75) is 26.0 Å². The van der Waals surface area contributed by atoms with E-state index >= 15 is 0 Å². The van der Waals surface area contributed by atoms with Crippen LogP contribution in [0.15, 0.2) is 27.8 Å². The van der Waals surface area contributed by atoms with E-state index < -0.39 is 9.73 Å². The second kappa shape index (κ2) is 6.51. The van der Waals surface area contributed by atoms with E-state index in [1.807, 2.05) is 26.0 Å². The molecule has 0 aliphatic heterocycles. The van der Waals surface area contributed by atoms with Crippen molar-refractivity contribution in [2.24, 2.45) is 15.3 Å². The highest BCUT2D eigenvalue weighted by molar-refractivity contribution is 7.93. The molecule has 0 amide bonds. The van der Waals surface area contributed by atoms with Crippen LogP contribution in [-0.4, -0.2) is 28.0 Å². The lowest BCUT2D eigenvalue weighted by Crippen LogP contribution is -2.16. The van der Waals surface area contributed by atoms with Gasteiger partial charge in [0.2, 0.25) is 0 Å². The van der Waals surface area contributed by atoms with Crippen molar-refractivity contribution in [3.05, 3.63) is 29.6 Å². The predicted octanol–water partition coefficient (Wildman–Crippen LogP) is 1.82. The van der Waals surface area contributed by atoms with E-state index in [9.17, 15) is 4.21 Å². The van der Waals surface area contributed by atoms with Crippen LogP contribution in [0.4, 0.5) is 0 Å². The minimum atomic E-state index is -2.56. The highest BCUT2D eigenvalue weighted by Crippen LogP contribution is 2.22. The molecule has 0 saturated carbocycles. The predicted molar refractivity (Wildman–Crippen MR) is 77.1 cm³/mol. The molecule has 6 nitrogen and oxygen atoms in total. The molecule has 7 heteroatoms. The molecule has 0 aliphatic rings. The largest absolute Gasteiger partial charge is 0.393 e. The van der Waals surface area contributed by atoms with Gasteiger partial charge in [0, 0.05) is 18.1 Å². The molecule has 2 atom stereocenters. The lowest BCUT2D eigenvalue weighted by atomic mass is 10.2. The first kappa shape index (κ1) is 15.4. The van der Waals surface area contributed by atoms with Gasteiger partial charge in [-0.3, -0.25) is 4.98 Å². The summed E-state index contributed by atoms with van der Waals surface area (Å²) in [5.41, 5.74) is 7.31. The van der Waals surface area contributed by atoms with Gasteiger partial charge in [0.05, 0.1) is 15.0 Å². The van der Waals surface area contributed by atoms with Crippen LogP contribution in [0.3, 0.4) is 0 Å². The molecule has 19 heavy (non-hydrogen) atoms. The Hall–Kier alpha value is -1.63. The maximum Gasteiger partial charge on any atom is 0.265 e. The maximum atomic E-state index is 12.5. The first-order valence-electron chi connectivity index (χ1n) is 5.95. The van der Waals surface area contributed by atoms with Crippen LogP contribution in [0.25, 0.3) is 0 Å². The van der Waals surface area contributed by atoms with Gasteiger partial charge in [0.1, 0.15) is 6.61 Å². The fourth-order valence-corrected chi connectivity index (χ4v) is 2.59. The van der Waals surface area contributed by atoms with E-state index in [1.54, 1.807) is 19.4 Å². The van der Waals surface area contributed by atoms with Gasteiger partial charge >= 0.3 is 0 Å². The fourth-order valence-electron chi connectivity index (χ4n) is 1.38. The van der Waals surface area contributed by atoms with E-state index in [0.29, 0.717) is 6.61 Å². The Morgan fingerprint density at radius 2 is 2.26 bits per heavy atom. The fraction of sp³-hybridized carbons (Fsp3) is 0.500. The maximum absolute atomic E-state index is 12.5. The zero-order valence-electron chi connectivity index (χ0n) is 11.7. The summed E-state index contributed by atoms with van der Waals surface area (Å²) in [6.07, 6.45) is 3.25. The molecule has 1 rings (SSSR count). The summed E-state index contributed by atoms with van der Waals surface area (Å²) in [7, 11) is -2.56. The summed E-state index contributed by atoms with van der Waals surface area (Å²) < 4.78 is 16.5. The molecule has 1 aromatic rings. The Kier molecular flexibility index (Phi) is 5.29. The van der Waals surface area contributed by atoms with Crippen molar-refractivity contribution in [1.82, 2.24) is 4.98 Å². The Labute approximate surface area is 114 Å². The lowest BCUT2D eigenvalue weighted by Gasteiger charge is -2.13. The summed E-state index contributed by atoms with van der Waals surface area (Å²) in [5.74, 6) is -0.110. The van der Waals surface area contributed by atoms with E-state index in [2.05, 4.69) is 14.5 Å². The van der Waals surface area contributed by atoms with Gasteiger partial charge in [-0.25, -0.2) is 4.21 Å². The number of guanidine groups is 1. The average Bonchev–Trinajstić information content (AvgIpc) is 2.36. The van der Waals surface area contributed by atoms with Crippen LogP contribution >= 0.6 is 0 Å². The Bertz CT molecular complexity index is 560. The molecule has 0 fully saturated rings. The standard InChI is InChI=1S/C12H20N4O2S/c1-5-18-15-12(13)16-19(4,17)10(3)11-7-6-9(2)14-8-11/h6-8,10H,5H2,1-4H3,(H2,13,15). The Morgan fingerprint density at radius 3 is 2.79 bits per heavy atom. The molecule has 1 heterocycles. The number of pyridine rings is 1. The van der Waals surface area contributed by atoms with Gasteiger partial charge in [-0.05, 0) is 37.6 Å². The molecule has 1 aromatic heterocycles. The third-order valence-corrected chi connectivity index (χ3v) is 4.76. The molecule has 0 bridgehead atoms. The van der Waals surface area contributed by atoms with Crippen molar-refractivity contribution in [3.8, 4) is 0 Å². The van der Waals surface area contributed by atoms with Crippen LogP contribution in [0.2, 0.25) is 0 Å². The number of rotatable bonds is 4. The number of oxime groups is 1. The Morgan fingerprint density at radius 1 is 1.58 bits per heavy atom. The zero-order valence-corrected chi connectivity index (χ0v) is 12.5. The minimum absolute atomic E-state index is 0.110. The normalized spacial score (nSPS) is 16.5. The molecular weight excluding hydrogens is 264 g/mol. The first-order chi connectivity index (χ1) is 8.86. The molecule has 0 aliphatic carbocycles. The third-order valence-electron chi connectivity index (χ3n) is 2.62. The number of nitrogens with zero attached hydrogens (tertiary/aromatic N) is 3. The summed E-state index contributed by atoms with van der Waals surface area (Å²) in [5, 5.41) is 3.26. The highest BCUT2D eigenvalue weighted by Gasteiger charge is 2.17. The number of aryl methyl sites for hydroxylation is 1. The van der Waals surface area contributed by atoms with Crippen molar-refractivity contribution < 1.29 is 9.05 Å². The molecule has 2 unspecified atom stereocenters. The van der Waals surface area contributed by atoms with E-state index in [0.717, 1.165) is 11.3 Å². The van der Waals surface area contributed by atoms with Gasteiger partial charge in [0.15, 0.2) is 0 Å². The molecule has 2 N–H and O–H groups in total. The van der Waals surface area contributed by atoms with Crippen LogP contribution in [0.5, 0.6) is 0 Å². The highest BCUT2D eigenvalue weighted by atomic mass is 32.2. The number of aromatic nitrogens is 1. The van der Waals surface area contributed by atoms with Crippen LogP contribution in [-0.2, 0) is 14.6 Å². The number of nitrogens with two attached hydrogens (primary N) is 1. The molecule has 0 aromatic carbocycles. The zero-order chi connectivity index (χ0) is 14.5. The van der Waals surface area contributed by atoms with Gasteiger partial charge in [-0.1, -0.05) is 6.07 Å². The number of hydrogen-bond donors (Lipinski definition) is 1. The summed E-state index contributed by atoms with van der Waals surface area (Å²) in [4.78, 5) is 8.96. The van der Waals surface area contributed by atoms with E-state index in [-0.39, 0.29) is 11.2 Å². The molecule has 0 radical (unpaired) electrons. The van der Waals surface area contributed by atoms with Gasteiger partial charge in [-0.2, -0.15) is 4.36 Å². The quantitative estimate of drug-likeness (QED) is 0.518. The van der Waals surface area contributed by atoms with Gasteiger partial charge < -0.3 is 10.6 Å². The summed E-state index contributed by atoms with van der Waals surface area (Å²) in [6, 6.07) is 3.76. The van der Waals surface area contributed by atoms with Crippen molar-refractivity contribution in [3.63, 3.8) is 0 Å². The van der Waals surface area contributed by atoms with Gasteiger partial charge in [-0.15, -0.1) is 0 Å². The van der Waals surface area contributed by atoms with Gasteiger partial charge in [0.25, 0.3) is 5.96 Å². The average molecular weight is 284 g/mol. The second-order valence-electron chi connectivity index (χ2n) is 4.19. The second-order valence-corrected chi connectivity index (χ2v) is 6.81. The Balaban J connectivity index is 3.02. The van der Waals surface area contributed by atoms with Crippen molar-refractivity contribution >= 4 is 15.7 Å². The topological polar surface area (TPSA) is 89.9 Å². The van der Waals surface area contributed by atoms with E-state index in [4.69, 9.17) is 10.6 Å². The van der Waals surface area contributed by atoms with Crippen molar-refractivity contribution in [1.29, 1.82) is 0 Å². The van der Waals surface area contributed by atoms with Crippen LogP contribution in [0, 0.1) is 6.92 Å².